The van der Waals surface area contributed by atoms with Crippen LogP contribution in [0.2, 0.25) is 0 Å². The van der Waals surface area contributed by atoms with Crippen LogP contribution >= 0.6 is 15.9 Å². The van der Waals surface area contributed by atoms with Crippen molar-refractivity contribution in [3.05, 3.63) is 41.4 Å². The average Bonchev–Trinajstić information content (AvgIpc) is 2.81. The van der Waals surface area contributed by atoms with Crippen molar-refractivity contribution in [3.8, 4) is 0 Å². The van der Waals surface area contributed by atoms with E-state index in [1.165, 1.54) is 6.07 Å². The molecule has 0 spiro atoms. The van der Waals surface area contributed by atoms with Crippen molar-refractivity contribution in [3.63, 3.8) is 0 Å². The van der Waals surface area contributed by atoms with Crippen LogP contribution in [0.4, 0.5) is 5.69 Å². The van der Waals surface area contributed by atoms with Crippen LogP contribution in [0.1, 0.15) is 6.42 Å². The van der Waals surface area contributed by atoms with Gasteiger partial charge >= 0.3 is 0 Å². The van der Waals surface area contributed by atoms with Gasteiger partial charge in [0.1, 0.15) is 0 Å². The van der Waals surface area contributed by atoms with Gasteiger partial charge in [0.2, 0.25) is 0 Å². The van der Waals surface area contributed by atoms with Crippen molar-refractivity contribution in [1.82, 2.24) is 9.55 Å². The van der Waals surface area contributed by atoms with Crippen molar-refractivity contribution in [1.29, 1.82) is 0 Å². The molecule has 7 heteroatoms. The summed E-state index contributed by atoms with van der Waals surface area (Å²) in [4.78, 5) is 4.20. The van der Waals surface area contributed by atoms with Crippen LogP contribution in [0.15, 0.2) is 46.3 Å². The van der Waals surface area contributed by atoms with E-state index in [4.69, 9.17) is 5.73 Å². The third-order valence-electron chi connectivity index (χ3n) is 2.68. The third-order valence-corrected chi connectivity index (χ3v) is 5.45. The second-order valence-electron chi connectivity index (χ2n) is 4.16. The molecule has 5 nitrogen and oxygen atoms in total. The van der Waals surface area contributed by atoms with Crippen molar-refractivity contribution < 1.29 is 8.42 Å². The number of hydrogen-bond donors (Lipinski definition) is 1. The molecule has 0 radical (unpaired) electrons. The summed E-state index contributed by atoms with van der Waals surface area (Å²) in [7, 11) is -3.30. The zero-order valence-corrected chi connectivity index (χ0v) is 12.6. The number of anilines is 1. The number of rotatable bonds is 5. The number of nitrogens with zero attached hydrogens (tertiary/aromatic N) is 2. The number of halogens is 1. The Bertz CT molecular complexity index is 654. The number of imidazole rings is 1. The standard InChI is InChI=1S/C12H14BrN3O2S/c13-11-8-10(14)2-3-12(11)19(17,18)7-1-5-16-6-4-15-9-16/h2-4,6,8-9H,1,5,7,14H2. The average molecular weight is 344 g/mol. The third kappa shape index (κ3) is 3.57. The van der Waals surface area contributed by atoms with Gasteiger partial charge in [0, 0.05) is 29.1 Å². The molecule has 1 aromatic heterocycles. The monoisotopic (exact) mass is 343 g/mol. The molecule has 1 heterocycles. The van der Waals surface area contributed by atoms with Crippen molar-refractivity contribution in [2.24, 2.45) is 0 Å². The van der Waals surface area contributed by atoms with Gasteiger partial charge in [0.25, 0.3) is 0 Å². The number of aromatic nitrogens is 2. The van der Waals surface area contributed by atoms with Gasteiger partial charge in [-0.05, 0) is 40.5 Å². The number of sulfone groups is 1. The predicted molar refractivity (Wildman–Crippen MR) is 77.5 cm³/mol. The van der Waals surface area contributed by atoms with Crippen LogP contribution in [0.3, 0.4) is 0 Å². The molecular weight excluding hydrogens is 330 g/mol. The Kier molecular flexibility index (Phi) is 4.26. The molecular formula is C12H14BrN3O2S. The van der Waals surface area contributed by atoms with Crippen LogP contribution < -0.4 is 5.73 Å². The molecule has 0 unspecified atom stereocenters. The van der Waals surface area contributed by atoms with Gasteiger partial charge < -0.3 is 10.3 Å². The fourth-order valence-corrected chi connectivity index (χ4v) is 4.23. The molecule has 0 fully saturated rings. The molecule has 0 saturated heterocycles. The van der Waals surface area contributed by atoms with Gasteiger partial charge in [-0.1, -0.05) is 0 Å². The lowest BCUT2D eigenvalue weighted by molar-refractivity contribution is 0.586. The van der Waals surface area contributed by atoms with E-state index in [0.29, 0.717) is 23.1 Å². The first-order valence-electron chi connectivity index (χ1n) is 5.72. The first-order chi connectivity index (χ1) is 8.99. The number of hydrogen-bond acceptors (Lipinski definition) is 4. The van der Waals surface area contributed by atoms with E-state index in [0.717, 1.165) is 0 Å². The summed E-state index contributed by atoms with van der Waals surface area (Å²) in [5, 5.41) is 0. The number of benzene rings is 1. The summed E-state index contributed by atoms with van der Waals surface area (Å²) < 4.78 is 26.8. The van der Waals surface area contributed by atoms with E-state index in [2.05, 4.69) is 20.9 Å². The zero-order chi connectivity index (χ0) is 13.9. The Labute approximate surface area is 120 Å². The maximum Gasteiger partial charge on any atom is 0.179 e. The molecule has 0 saturated carbocycles. The van der Waals surface area contributed by atoms with Gasteiger partial charge in [-0.2, -0.15) is 0 Å². The summed E-state index contributed by atoms with van der Waals surface area (Å²) in [5.74, 6) is 0.0910. The zero-order valence-electron chi connectivity index (χ0n) is 10.2. The molecule has 0 aliphatic rings. The van der Waals surface area contributed by atoms with Crippen LogP contribution in [0.25, 0.3) is 0 Å². The minimum atomic E-state index is -3.30. The van der Waals surface area contributed by atoms with Crippen LogP contribution in [-0.2, 0) is 16.4 Å². The predicted octanol–water partition coefficient (Wildman–Crippen LogP) is 2.09. The summed E-state index contributed by atoms with van der Waals surface area (Å²) in [5.41, 5.74) is 6.13. The Hall–Kier alpha value is -1.34. The van der Waals surface area contributed by atoms with Crippen LogP contribution in [-0.4, -0.2) is 23.7 Å². The normalized spacial score (nSPS) is 11.6. The number of aryl methyl sites for hydroxylation is 1. The SMILES string of the molecule is Nc1ccc(S(=O)(=O)CCCn2ccnc2)c(Br)c1. The second kappa shape index (κ2) is 5.75. The molecule has 2 rings (SSSR count). The molecule has 0 bridgehead atoms. The number of nitrogens with two attached hydrogens (primary N) is 1. The van der Waals surface area contributed by atoms with E-state index >= 15 is 0 Å². The Balaban J connectivity index is 2.05. The lowest BCUT2D eigenvalue weighted by Gasteiger charge is -2.07. The minimum Gasteiger partial charge on any atom is -0.399 e. The first-order valence-corrected chi connectivity index (χ1v) is 8.17. The highest BCUT2D eigenvalue weighted by Gasteiger charge is 2.17. The van der Waals surface area contributed by atoms with Crippen LogP contribution in [0, 0.1) is 0 Å². The van der Waals surface area contributed by atoms with E-state index in [1.807, 2.05) is 10.8 Å². The van der Waals surface area contributed by atoms with Crippen molar-refractivity contribution >= 4 is 31.5 Å². The minimum absolute atomic E-state index is 0.0910. The molecule has 2 aromatic rings. The molecule has 102 valence electrons. The summed E-state index contributed by atoms with van der Waals surface area (Å²) in [6.45, 7) is 0.631. The van der Waals surface area contributed by atoms with Gasteiger partial charge in [0.15, 0.2) is 9.84 Å². The highest BCUT2D eigenvalue weighted by molar-refractivity contribution is 9.10. The topological polar surface area (TPSA) is 78.0 Å². The fraction of sp³-hybridized carbons (Fsp3) is 0.250. The van der Waals surface area contributed by atoms with E-state index in [-0.39, 0.29) is 10.6 Å². The van der Waals surface area contributed by atoms with E-state index in [9.17, 15) is 8.42 Å². The molecule has 0 amide bonds. The fourth-order valence-electron chi connectivity index (χ4n) is 1.74. The quantitative estimate of drug-likeness (QED) is 0.843. The summed E-state index contributed by atoms with van der Waals surface area (Å²) in [6, 6.07) is 4.72. The maximum atomic E-state index is 12.2. The first kappa shape index (κ1) is 14.1. The highest BCUT2D eigenvalue weighted by atomic mass is 79.9. The number of nitrogen functional groups attached to an aromatic ring is 1. The van der Waals surface area contributed by atoms with Crippen LogP contribution in [0.5, 0.6) is 0 Å². The smallest absolute Gasteiger partial charge is 0.179 e. The molecule has 0 aliphatic heterocycles. The molecule has 0 aliphatic carbocycles. The van der Waals surface area contributed by atoms with Gasteiger partial charge in [-0.15, -0.1) is 0 Å². The summed E-state index contributed by atoms with van der Waals surface area (Å²) in [6.07, 6.45) is 5.69. The Morgan fingerprint density at radius 1 is 1.37 bits per heavy atom. The van der Waals surface area contributed by atoms with Gasteiger partial charge in [-0.3, -0.25) is 0 Å². The van der Waals surface area contributed by atoms with E-state index in [1.54, 1.807) is 24.7 Å². The lowest BCUT2D eigenvalue weighted by Crippen LogP contribution is -2.10. The van der Waals surface area contributed by atoms with Gasteiger partial charge in [-0.25, -0.2) is 13.4 Å². The molecule has 2 N–H and O–H groups in total. The Morgan fingerprint density at radius 2 is 2.16 bits per heavy atom. The Morgan fingerprint density at radius 3 is 2.79 bits per heavy atom. The van der Waals surface area contributed by atoms with E-state index < -0.39 is 9.84 Å². The maximum absolute atomic E-state index is 12.2. The van der Waals surface area contributed by atoms with Crippen molar-refractivity contribution in [2.45, 2.75) is 17.9 Å². The molecule has 0 atom stereocenters. The van der Waals surface area contributed by atoms with Gasteiger partial charge in [0.05, 0.1) is 17.0 Å². The molecule has 19 heavy (non-hydrogen) atoms. The van der Waals surface area contributed by atoms with Crippen molar-refractivity contribution in [2.75, 3.05) is 11.5 Å². The summed E-state index contributed by atoms with van der Waals surface area (Å²) >= 11 is 3.24. The second-order valence-corrected chi connectivity index (χ2v) is 7.09. The highest BCUT2D eigenvalue weighted by Crippen LogP contribution is 2.25. The lowest BCUT2D eigenvalue weighted by atomic mass is 10.3. The largest absolute Gasteiger partial charge is 0.399 e. The molecule has 1 aromatic carbocycles.